The highest BCUT2D eigenvalue weighted by molar-refractivity contribution is 5.84. The molecule has 1 N–H and O–H groups in total. The van der Waals surface area contributed by atoms with Crippen LogP contribution in [0.15, 0.2) is 24.3 Å². The number of nitrogens with one attached hydrogen (secondary N) is 1. The fourth-order valence-electron chi connectivity index (χ4n) is 2.34. The molecule has 1 aromatic carbocycles. The molecule has 3 rings (SSSR count). The minimum atomic E-state index is 0.0589. The van der Waals surface area contributed by atoms with E-state index in [4.69, 9.17) is 4.74 Å². The number of rotatable bonds is 6. The maximum atomic E-state index is 11.9. The largest absolute Gasteiger partial charge is 0.496 e. The molecule has 1 aromatic rings. The Morgan fingerprint density at radius 1 is 1.42 bits per heavy atom. The lowest BCUT2D eigenvalue weighted by Crippen LogP contribution is -2.31. The van der Waals surface area contributed by atoms with Crippen molar-refractivity contribution in [3.05, 3.63) is 29.8 Å². The molecule has 0 bridgehead atoms. The Hall–Kier alpha value is -1.55. The third kappa shape index (κ3) is 3.07. The SMILES string of the molecule is COc1ccccc1CN1CC1C(=O)NCC1CC1. The average molecular weight is 260 g/mol. The molecular formula is C15H20N2O2. The molecule has 2 atom stereocenters. The van der Waals surface area contributed by atoms with Crippen LogP contribution < -0.4 is 10.1 Å². The van der Waals surface area contributed by atoms with Gasteiger partial charge in [-0.05, 0) is 24.8 Å². The summed E-state index contributed by atoms with van der Waals surface area (Å²) < 4.78 is 5.33. The van der Waals surface area contributed by atoms with E-state index in [0.29, 0.717) is 0 Å². The summed E-state index contributed by atoms with van der Waals surface area (Å²) in [6, 6.07) is 8.04. The van der Waals surface area contributed by atoms with Crippen LogP contribution in [0.1, 0.15) is 18.4 Å². The standard InChI is InChI=1S/C15H20N2O2/c1-19-14-5-3-2-4-12(14)9-17-10-13(17)15(18)16-8-11-6-7-11/h2-5,11,13H,6-10H2,1H3,(H,16,18). The number of carbonyl (C=O) groups excluding carboxylic acids is 1. The molecule has 1 heterocycles. The van der Waals surface area contributed by atoms with Crippen LogP contribution in [-0.4, -0.2) is 37.0 Å². The van der Waals surface area contributed by atoms with Crippen molar-refractivity contribution in [1.82, 2.24) is 10.2 Å². The summed E-state index contributed by atoms with van der Waals surface area (Å²) >= 11 is 0. The number of carbonyl (C=O) groups is 1. The second-order valence-corrected chi connectivity index (χ2v) is 5.45. The van der Waals surface area contributed by atoms with Crippen molar-refractivity contribution >= 4 is 5.91 Å². The molecule has 4 heteroatoms. The number of amides is 1. The monoisotopic (exact) mass is 260 g/mol. The Labute approximate surface area is 113 Å². The van der Waals surface area contributed by atoms with Crippen molar-refractivity contribution in [3.8, 4) is 5.75 Å². The average Bonchev–Trinajstić information content (AvgIpc) is 3.32. The lowest BCUT2D eigenvalue weighted by molar-refractivity contribution is -0.121. The number of methoxy groups -OCH3 is 1. The first-order valence-corrected chi connectivity index (χ1v) is 6.91. The van der Waals surface area contributed by atoms with E-state index in [1.807, 2.05) is 18.2 Å². The van der Waals surface area contributed by atoms with E-state index in [2.05, 4.69) is 16.3 Å². The zero-order valence-corrected chi connectivity index (χ0v) is 11.3. The first-order valence-electron chi connectivity index (χ1n) is 6.91. The molecule has 4 nitrogen and oxygen atoms in total. The molecule has 2 unspecified atom stereocenters. The molecule has 1 saturated carbocycles. The minimum absolute atomic E-state index is 0.0589. The Bertz CT molecular complexity index is 471. The van der Waals surface area contributed by atoms with E-state index in [-0.39, 0.29) is 11.9 Å². The maximum absolute atomic E-state index is 11.9. The second kappa shape index (κ2) is 5.21. The third-order valence-corrected chi connectivity index (χ3v) is 3.85. The number of hydrogen-bond donors (Lipinski definition) is 1. The normalized spacial score (nSPS) is 24.9. The van der Waals surface area contributed by atoms with Crippen LogP contribution in [0.2, 0.25) is 0 Å². The summed E-state index contributed by atoms with van der Waals surface area (Å²) in [5.74, 6) is 1.82. The Morgan fingerprint density at radius 2 is 2.21 bits per heavy atom. The quantitative estimate of drug-likeness (QED) is 0.786. The van der Waals surface area contributed by atoms with E-state index in [1.54, 1.807) is 7.11 Å². The van der Waals surface area contributed by atoms with Crippen molar-refractivity contribution in [3.63, 3.8) is 0 Å². The second-order valence-electron chi connectivity index (χ2n) is 5.45. The molecule has 0 spiro atoms. The molecule has 1 saturated heterocycles. The van der Waals surface area contributed by atoms with Crippen LogP contribution in [0.5, 0.6) is 5.75 Å². The van der Waals surface area contributed by atoms with E-state index < -0.39 is 0 Å². The van der Waals surface area contributed by atoms with Crippen LogP contribution in [-0.2, 0) is 11.3 Å². The lowest BCUT2D eigenvalue weighted by atomic mass is 10.2. The van der Waals surface area contributed by atoms with Gasteiger partial charge in [0.05, 0.1) is 7.11 Å². The fraction of sp³-hybridized carbons (Fsp3) is 0.533. The highest BCUT2D eigenvalue weighted by Gasteiger charge is 2.40. The minimum Gasteiger partial charge on any atom is -0.496 e. The highest BCUT2D eigenvalue weighted by atomic mass is 16.5. The number of benzene rings is 1. The predicted molar refractivity (Wildman–Crippen MR) is 72.9 cm³/mol. The summed E-state index contributed by atoms with van der Waals surface area (Å²) in [6.07, 6.45) is 2.55. The zero-order chi connectivity index (χ0) is 13.2. The molecule has 19 heavy (non-hydrogen) atoms. The molecule has 102 valence electrons. The predicted octanol–water partition coefficient (Wildman–Crippen LogP) is 1.41. The molecule has 1 aliphatic carbocycles. The molecule has 0 radical (unpaired) electrons. The van der Waals surface area contributed by atoms with Gasteiger partial charge < -0.3 is 10.1 Å². The summed E-state index contributed by atoms with van der Waals surface area (Å²) in [6.45, 7) is 2.50. The molecular weight excluding hydrogens is 240 g/mol. The van der Waals surface area contributed by atoms with Crippen LogP contribution in [0.4, 0.5) is 0 Å². The van der Waals surface area contributed by atoms with E-state index in [1.165, 1.54) is 12.8 Å². The van der Waals surface area contributed by atoms with Gasteiger partial charge in [-0.25, -0.2) is 0 Å². The summed E-state index contributed by atoms with van der Waals surface area (Å²) in [5.41, 5.74) is 1.14. The topological polar surface area (TPSA) is 41.3 Å². The number of ether oxygens (including phenoxy) is 1. The molecule has 2 fully saturated rings. The van der Waals surface area contributed by atoms with Gasteiger partial charge >= 0.3 is 0 Å². The van der Waals surface area contributed by atoms with Gasteiger partial charge in [0.2, 0.25) is 5.91 Å². The van der Waals surface area contributed by atoms with Crippen molar-refractivity contribution in [2.24, 2.45) is 5.92 Å². The van der Waals surface area contributed by atoms with Gasteiger partial charge in [-0.15, -0.1) is 0 Å². The number of hydrogen-bond acceptors (Lipinski definition) is 3. The molecule has 2 aliphatic rings. The smallest absolute Gasteiger partial charge is 0.238 e. The first kappa shape index (κ1) is 12.5. The Balaban J connectivity index is 1.50. The van der Waals surface area contributed by atoms with Gasteiger partial charge in [-0.3, -0.25) is 9.69 Å². The highest BCUT2D eigenvalue weighted by Crippen LogP contribution is 2.29. The van der Waals surface area contributed by atoms with Crippen molar-refractivity contribution < 1.29 is 9.53 Å². The van der Waals surface area contributed by atoms with Crippen LogP contribution in [0.3, 0.4) is 0 Å². The zero-order valence-electron chi connectivity index (χ0n) is 11.3. The van der Waals surface area contributed by atoms with Crippen molar-refractivity contribution in [2.75, 3.05) is 20.2 Å². The third-order valence-electron chi connectivity index (χ3n) is 3.85. The van der Waals surface area contributed by atoms with Gasteiger partial charge in [0.15, 0.2) is 0 Å². The Morgan fingerprint density at radius 3 is 2.95 bits per heavy atom. The molecule has 1 aliphatic heterocycles. The first-order chi connectivity index (χ1) is 9.28. The summed E-state index contributed by atoms with van der Waals surface area (Å²) in [7, 11) is 1.68. The van der Waals surface area contributed by atoms with Gasteiger partial charge in [-0.1, -0.05) is 18.2 Å². The van der Waals surface area contributed by atoms with Gasteiger partial charge in [0.25, 0.3) is 0 Å². The van der Waals surface area contributed by atoms with E-state index in [9.17, 15) is 4.79 Å². The van der Waals surface area contributed by atoms with Crippen LogP contribution in [0, 0.1) is 5.92 Å². The fourth-order valence-corrected chi connectivity index (χ4v) is 2.34. The van der Waals surface area contributed by atoms with Crippen molar-refractivity contribution in [2.45, 2.75) is 25.4 Å². The molecule has 1 amide bonds. The van der Waals surface area contributed by atoms with Gasteiger partial charge in [0, 0.05) is 25.2 Å². The van der Waals surface area contributed by atoms with E-state index in [0.717, 1.165) is 36.9 Å². The number of para-hydroxylation sites is 1. The van der Waals surface area contributed by atoms with Crippen LogP contribution >= 0.6 is 0 Å². The maximum Gasteiger partial charge on any atom is 0.238 e. The van der Waals surface area contributed by atoms with Gasteiger partial charge in [-0.2, -0.15) is 0 Å². The van der Waals surface area contributed by atoms with Crippen molar-refractivity contribution in [1.29, 1.82) is 0 Å². The van der Waals surface area contributed by atoms with E-state index >= 15 is 0 Å². The number of nitrogens with zero attached hydrogens (tertiary/aromatic N) is 1. The summed E-state index contributed by atoms with van der Waals surface area (Å²) in [4.78, 5) is 14.1. The summed E-state index contributed by atoms with van der Waals surface area (Å²) in [5, 5.41) is 3.04. The van der Waals surface area contributed by atoms with Crippen LogP contribution in [0.25, 0.3) is 0 Å². The lowest BCUT2D eigenvalue weighted by Gasteiger charge is -2.09. The molecule has 0 aromatic heterocycles. The van der Waals surface area contributed by atoms with Gasteiger partial charge in [0.1, 0.15) is 11.8 Å². The Kier molecular flexibility index (Phi) is 3.42.